The first-order chi connectivity index (χ1) is 17.9. The Morgan fingerprint density at radius 2 is 1.59 bits per heavy atom. The molecule has 1 aromatic rings. The molecule has 37 heavy (non-hydrogen) atoms. The lowest BCUT2D eigenvalue weighted by Gasteiger charge is -2.29. The second-order valence-corrected chi connectivity index (χ2v) is 9.86. The number of carbonyl (C=O) groups excluding carboxylic acids is 3. The highest BCUT2D eigenvalue weighted by atomic mass is 32.2. The molecular weight excluding hydrogens is 508 g/mol. The predicted molar refractivity (Wildman–Crippen MR) is 129 cm³/mol. The number of ether oxygens (including phenoxy) is 4. The van der Waals surface area contributed by atoms with Crippen molar-refractivity contribution < 1.29 is 47.4 Å². The molecule has 2 unspecified atom stereocenters. The highest BCUT2D eigenvalue weighted by molar-refractivity contribution is 7.85. The molecule has 2 aliphatic rings. The van der Waals surface area contributed by atoms with Crippen LogP contribution in [-0.4, -0.2) is 103 Å². The highest BCUT2D eigenvalue weighted by Gasteiger charge is 2.40. The van der Waals surface area contributed by atoms with E-state index in [1.807, 2.05) is 0 Å². The number of hydrogen-bond donors (Lipinski definition) is 2. The van der Waals surface area contributed by atoms with Gasteiger partial charge in [0.15, 0.2) is 0 Å². The first kappa shape index (κ1) is 28.9. The summed E-state index contributed by atoms with van der Waals surface area (Å²) in [4.78, 5) is 48.9. The zero-order valence-corrected chi connectivity index (χ0v) is 21.3. The number of carboxylic acid groups (broad SMARTS) is 1. The third-order valence-corrected chi connectivity index (χ3v) is 7.18. The molecule has 3 rings (SSSR count). The van der Waals surface area contributed by atoms with Gasteiger partial charge in [0.1, 0.15) is 6.04 Å². The van der Waals surface area contributed by atoms with Crippen molar-refractivity contribution in [1.82, 2.24) is 10.2 Å². The number of aliphatic carboxylic acids is 1. The van der Waals surface area contributed by atoms with Gasteiger partial charge in [-0.25, -0.2) is 0 Å². The van der Waals surface area contributed by atoms with Gasteiger partial charge < -0.3 is 29.0 Å². The van der Waals surface area contributed by atoms with Crippen LogP contribution in [0.3, 0.4) is 0 Å². The maximum absolute atomic E-state index is 12.9. The van der Waals surface area contributed by atoms with E-state index in [1.165, 1.54) is 4.90 Å². The van der Waals surface area contributed by atoms with E-state index in [-0.39, 0.29) is 56.6 Å². The minimum atomic E-state index is -1.40. The number of nitrogens with one attached hydrogen (secondary N) is 1. The molecule has 204 valence electrons. The monoisotopic (exact) mass is 540 g/mol. The molecule has 0 saturated carbocycles. The molecule has 1 fully saturated rings. The van der Waals surface area contributed by atoms with Crippen molar-refractivity contribution in [1.29, 1.82) is 0 Å². The summed E-state index contributed by atoms with van der Waals surface area (Å²) >= 11 is 0. The van der Waals surface area contributed by atoms with Crippen LogP contribution in [0.25, 0.3) is 0 Å². The molecule has 0 bridgehead atoms. The average Bonchev–Trinajstić information content (AvgIpc) is 3.20. The first-order valence-electron chi connectivity index (χ1n) is 12.1. The van der Waals surface area contributed by atoms with E-state index in [0.717, 1.165) is 0 Å². The van der Waals surface area contributed by atoms with Crippen molar-refractivity contribution in [3.8, 4) is 0 Å². The average molecular weight is 541 g/mol. The molecule has 1 aromatic carbocycles. The summed E-state index contributed by atoms with van der Waals surface area (Å²) < 4.78 is 34.2. The first-order valence-corrected chi connectivity index (χ1v) is 13.4. The van der Waals surface area contributed by atoms with E-state index < -0.39 is 28.7 Å². The minimum Gasteiger partial charge on any atom is -0.481 e. The number of amides is 3. The quantitative estimate of drug-likeness (QED) is 0.205. The molecule has 3 amide bonds. The lowest BCUT2D eigenvalue weighted by molar-refractivity contribution is -0.139. The van der Waals surface area contributed by atoms with Crippen molar-refractivity contribution in [3.63, 3.8) is 0 Å². The molecule has 13 heteroatoms. The Kier molecular flexibility index (Phi) is 11.6. The van der Waals surface area contributed by atoms with Gasteiger partial charge in [-0.3, -0.25) is 28.7 Å². The lowest BCUT2D eigenvalue weighted by Crippen LogP contribution is -2.52. The molecule has 2 heterocycles. The number of fused-ring (bicyclic) bond motifs is 1. The van der Waals surface area contributed by atoms with Crippen molar-refractivity contribution in [2.45, 2.75) is 36.7 Å². The summed E-state index contributed by atoms with van der Waals surface area (Å²) in [6.45, 7) is 2.67. The van der Waals surface area contributed by atoms with Crippen LogP contribution in [0.4, 0.5) is 0 Å². The largest absolute Gasteiger partial charge is 0.481 e. The molecule has 2 atom stereocenters. The SMILES string of the molecule is O=C(O)CCOCCOCCOCCOCCS(=O)c1cccc2c1CN(C1CCC(=O)NC1=O)C2=O. The van der Waals surface area contributed by atoms with Crippen LogP contribution in [0.2, 0.25) is 0 Å². The zero-order valence-electron chi connectivity index (χ0n) is 20.5. The van der Waals surface area contributed by atoms with Crippen LogP contribution in [0, 0.1) is 0 Å². The number of carbonyl (C=O) groups is 4. The lowest BCUT2D eigenvalue weighted by atomic mass is 10.0. The number of carboxylic acids is 1. The van der Waals surface area contributed by atoms with Crippen molar-refractivity contribution in [2.75, 3.05) is 58.6 Å². The van der Waals surface area contributed by atoms with Crippen LogP contribution < -0.4 is 5.32 Å². The number of hydrogen-bond acceptors (Lipinski definition) is 9. The number of piperidine rings is 1. The fraction of sp³-hybridized carbons (Fsp3) is 0.583. The van der Waals surface area contributed by atoms with Gasteiger partial charge in [-0.2, -0.15) is 0 Å². The van der Waals surface area contributed by atoms with Crippen molar-refractivity contribution in [3.05, 3.63) is 29.3 Å². The van der Waals surface area contributed by atoms with Gasteiger partial charge in [0.05, 0.1) is 75.8 Å². The summed E-state index contributed by atoms with van der Waals surface area (Å²) in [6.07, 6.45) is 0.412. The van der Waals surface area contributed by atoms with E-state index in [1.54, 1.807) is 18.2 Å². The maximum atomic E-state index is 12.9. The topological polar surface area (TPSA) is 158 Å². The highest BCUT2D eigenvalue weighted by Crippen LogP contribution is 2.31. The van der Waals surface area contributed by atoms with Gasteiger partial charge in [-0.05, 0) is 18.6 Å². The van der Waals surface area contributed by atoms with Crippen LogP contribution >= 0.6 is 0 Å². The molecule has 12 nitrogen and oxygen atoms in total. The normalized spacial score (nSPS) is 18.1. The summed E-state index contributed by atoms with van der Waals surface area (Å²) in [7, 11) is -1.40. The van der Waals surface area contributed by atoms with Gasteiger partial charge >= 0.3 is 5.97 Å². The molecule has 2 N–H and O–H groups in total. The Bertz CT molecular complexity index is 1000. The van der Waals surface area contributed by atoms with E-state index in [9.17, 15) is 23.4 Å². The van der Waals surface area contributed by atoms with E-state index in [2.05, 4.69) is 5.32 Å². The summed E-state index contributed by atoms with van der Waals surface area (Å²) in [5.74, 6) is -1.78. The smallest absolute Gasteiger partial charge is 0.305 e. The van der Waals surface area contributed by atoms with Crippen LogP contribution in [-0.2, 0) is 50.7 Å². The predicted octanol–water partition coefficient (Wildman–Crippen LogP) is 0.0963. The fourth-order valence-corrected chi connectivity index (χ4v) is 5.11. The molecule has 0 radical (unpaired) electrons. The van der Waals surface area contributed by atoms with Gasteiger partial charge in [-0.15, -0.1) is 0 Å². The number of benzene rings is 1. The fourth-order valence-electron chi connectivity index (χ4n) is 3.94. The van der Waals surface area contributed by atoms with Crippen LogP contribution in [0.15, 0.2) is 23.1 Å². The number of rotatable bonds is 17. The minimum absolute atomic E-state index is 0.0346. The molecule has 2 aliphatic heterocycles. The molecule has 0 aromatic heterocycles. The molecule has 0 spiro atoms. The summed E-state index contributed by atoms with van der Waals surface area (Å²) in [6, 6.07) is 4.34. The number of nitrogens with zero attached hydrogens (tertiary/aromatic N) is 1. The molecule has 1 saturated heterocycles. The van der Waals surface area contributed by atoms with Crippen molar-refractivity contribution in [2.24, 2.45) is 0 Å². The molecular formula is C24H32N2O10S. The van der Waals surface area contributed by atoms with E-state index in [0.29, 0.717) is 55.7 Å². The summed E-state index contributed by atoms with van der Waals surface area (Å²) in [5, 5.41) is 10.8. The van der Waals surface area contributed by atoms with Gasteiger partial charge in [0, 0.05) is 29.0 Å². The van der Waals surface area contributed by atoms with Gasteiger partial charge in [0.2, 0.25) is 11.8 Å². The Hall–Kier alpha value is -2.71. The number of imide groups is 1. The second-order valence-electron chi connectivity index (χ2n) is 8.33. The maximum Gasteiger partial charge on any atom is 0.305 e. The van der Waals surface area contributed by atoms with E-state index >= 15 is 0 Å². The second kappa shape index (κ2) is 14.9. The summed E-state index contributed by atoms with van der Waals surface area (Å²) in [5.41, 5.74) is 1.07. The Morgan fingerprint density at radius 3 is 2.22 bits per heavy atom. The van der Waals surface area contributed by atoms with E-state index in [4.69, 9.17) is 24.1 Å². The Balaban J connectivity index is 1.30. The Morgan fingerprint density at radius 1 is 0.973 bits per heavy atom. The Labute approximate surface area is 217 Å². The molecule has 0 aliphatic carbocycles. The standard InChI is InChI=1S/C24H32N2O10S/c27-21-5-4-19(23(30)25-21)26-16-18-17(24(26)31)2-1-3-20(18)37(32)15-14-36-13-12-35-11-10-34-9-8-33-7-6-22(28)29/h1-3,19H,4-16H2,(H,28,29)(H,25,27,30). The van der Waals surface area contributed by atoms with Gasteiger partial charge in [-0.1, -0.05) is 6.07 Å². The van der Waals surface area contributed by atoms with Crippen LogP contribution in [0.1, 0.15) is 35.2 Å². The van der Waals surface area contributed by atoms with Crippen LogP contribution in [0.5, 0.6) is 0 Å². The van der Waals surface area contributed by atoms with Crippen molar-refractivity contribution >= 4 is 34.5 Å². The third-order valence-electron chi connectivity index (χ3n) is 5.77. The zero-order chi connectivity index (χ0) is 26.6. The third kappa shape index (κ3) is 8.68. The van der Waals surface area contributed by atoms with Gasteiger partial charge in [0.25, 0.3) is 5.91 Å².